The van der Waals surface area contributed by atoms with Crippen LogP contribution in [0.25, 0.3) is 5.65 Å². The van der Waals surface area contributed by atoms with Crippen LogP contribution < -0.4 is 10.1 Å². The van der Waals surface area contributed by atoms with Crippen molar-refractivity contribution >= 4 is 11.6 Å². The highest BCUT2D eigenvalue weighted by Crippen LogP contribution is 2.20. The van der Waals surface area contributed by atoms with Gasteiger partial charge in [0.1, 0.15) is 18.0 Å². The molecule has 0 atom stereocenters. The van der Waals surface area contributed by atoms with Gasteiger partial charge in [0.2, 0.25) is 0 Å². The van der Waals surface area contributed by atoms with Gasteiger partial charge in [-0.15, -0.1) is 0 Å². The van der Waals surface area contributed by atoms with Crippen molar-refractivity contribution in [3.05, 3.63) is 65.6 Å². The molecule has 0 radical (unpaired) electrons. The van der Waals surface area contributed by atoms with Crippen LogP contribution in [-0.4, -0.2) is 21.3 Å². The standard InChI is InChI=1S/C19H19N3O2/c1-13-2-9-18-20-16(11-22(18)10-13)12-24-17-7-3-14(4-8-17)19(23)21-15-5-6-15/h2-4,7-11,15H,5-6,12H2,1H3,(H,21,23). The van der Waals surface area contributed by atoms with Crippen molar-refractivity contribution in [1.29, 1.82) is 0 Å². The Hall–Kier alpha value is -2.82. The van der Waals surface area contributed by atoms with Crippen LogP contribution in [0.2, 0.25) is 0 Å². The summed E-state index contributed by atoms with van der Waals surface area (Å²) in [5.74, 6) is 0.714. The second-order valence-corrected chi connectivity index (χ2v) is 6.26. The average molecular weight is 321 g/mol. The fourth-order valence-corrected chi connectivity index (χ4v) is 2.58. The van der Waals surface area contributed by atoms with E-state index in [2.05, 4.69) is 17.2 Å². The van der Waals surface area contributed by atoms with Gasteiger partial charge in [-0.1, -0.05) is 6.07 Å². The normalized spacial score (nSPS) is 13.9. The van der Waals surface area contributed by atoms with Gasteiger partial charge >= 0.3 is 0 Å². The first-order chi connectivity index (χ1) is 11.7. The van der Waals surface area contributed by atoms with Gasteiger partial charge in [-0.2, -0.15) is 0 Å². The largest absolute Gasteiger partial charge is 0.487 e. The van der Waals surface area contributed by atoms with Crippen LogP contribution in [0.15, 0.2) is 48.8 Å². The Bertz CT molecular complexity index is 879. The molecule has 1 N–H and O–H groups in total. The minimum atomic E-state index is -0.0141. The minimum Gasteiger partial charge on any atom is -0.487 e. The maximum Gasteiger partial charge on any atom is 0.251 e. The molecule has 2 heterocycles. The Kier molecular flexibility index (Phi) is 3.69. The summed E-state index contributed by atoms with van der Waals surface area (Å²) in [4.78, 5) is 16.5. The van der Waals surface area contributed by atoms with Gasteiger partial charge in [0, 0.05) is 24.0 Å². The van der Waals surface area contributed by atoms with E-state index >= 15 is 0 Å². The van der Waals surface area contributed by atoms with Gasteiger partial charge in [-0.3, -0.25) is 4.79 Å². The van der Waals surface area contributed by atoms with E-state index in [0.29, 0.717) is 18.2 Å². The number of carbonyl (C=O) groups excluding carboxylic acids is 1. The van der Waals surface area contributed by atoms with Crippen LogP contribution in [0.3, 0.4) is 0 Å². The third-order valence-electron chi connectivity index (χ3n) is 4.06. The molecule has 0 saturated heterocycles. The van der Waals surface area contributed by atoms with Crippen LogP contribution in [-0.2, 0) is 6.61 Å². The fourth-order valence-electron chi connectivity index (χ4n) is 2.58. The van der Waals surface area contributed by atoms with Crippen molar-refractivity contribution in [3.63, 3.8) is 0 Å². The molecule has 1 aliphatic carbocycles. The van der Waals surface area contributed by atoms with Gasteiger partial charge in [0.05, 0.1) is 5.69 Å². The van der Waals surface area contributed by atoms with Crippen LogP contribution in [0.5, 0.6) is 5.75 Å². The zero-order valence-corrected chi connectivity index (χ0v) is 13.5. The summed E-state index contributed by atoms with van der Waals surface area (Å²) < 4.78 is 7.77. The number of carbonyl (C=O) groups is 1. The van der Waals surface area contributed by atoms with Gasteiger partial charge in [0.25, 0.3) is 5.91 Å². The lowest BCUT2D eigenvalue weighted by Crippen LogP contribution is -2.25. The predicted octanol–water partition coefficient (Wildman–Crippen LogP) is 3.11. The topological polar surface area (TPSA) is 55.6 Å². The number of aryl methyl sites for hydroxylation is 1. The molecular weight excluding hydrogens is 302 g/mol. The number of imidazole rings is 1. The molecule has 1 saturated carbocycles. The molecule has 24 heavy (non-hydrogen) atoms. The van der Waals surface area contributed by atoms with Crippen LogP contribution in [0, 0.1) is 6.92 Å². The summed E-state index contributed by atoms with van der Waals surface area (Å²) in [5, 5.41) is 2.97. The highest BCUT2D eigenvalue weighted by Gasteiger charge is 2.23. The Balaban J connectivity index is 1.40. The molecule has 1 fully saturated rings. The highest BCUT2D eigenvalue weighted by atomic mass is 16.5. The highest BCUT2D eigenvalue weighted by molar-refractivity contribution is 5.94. The van der Waals surface area contributed by atoms with E-state index in [0.717, 1.165) is 29.9 Å². The number of ether oxygens (including phenoxy) is 1. The molecule has 0 unspecified atom stereocenters. The fraction of sp³-hybridized carbons (Fsp3) is 0.263. The number of pyridine rings is 1. The van der Waals surface area contributed by atoms with Crippen molar-refractivity contribution in [2.75, 3.05) is 0 Å². The first kappa shape index (κ1) is 14.8. The maximum absolute atomic E-state index is 11.9. The molecule has 0 bridgehead atoms. The molecule has 1 aromatic carbocycles. The number of hydrogen-bond acceptors (Lipinski definition) is 3. The molecule has 0 spiro atoms. The van der Waals surface area contributed by atoms with E-state index in [9.17, 15) is 4.79 Å². The average Bonchev–Trinajstić information content (AvgIpc) is 3.30. The lowest BCUT2D eigenvalue weighted by atomic mass is 10.2. The number of aromatic nitrogens is 2. The van der Waals surface area contributed by atoms with E-state index in [1.165, 1.54) is 5.56 Å². The lowest BCUT2D eigenvalue weighted by Gasteiger charge is -2.06. The number of hydrogen-bond donors (Lipinski definition) is 1. The van der Waals surface area contributed by atoms with Crippen molar-refractivity contribution in [1.82, 2.24) is 14.7 Å². The van der Waals surface area contributed by atoms with Crippen molar-refractivity contribution in [2.45, 2.75) is 32.4 Å². The number of rotatable bonds is 5. The van der Waals surface area contributed by atoms with Gasteiger partial charge < -0.3 is 14.5 Å². The molecule has 2 aromatic heterocycles. The Morgan fingerprint density at radius 1 is 1.21 bits per heavy atom. The number of nitrogens with zero attached hydrogens (tertiary/aromatic N) is 2. The van der Waals surface area contributed by atoms with E-state index < -0.39 is 0 Å². The molecule has 0 aliphatic heterocycles. The summed E-state index contributed by atoms with van der Waals surface area (Å²) in [7, 11) is 0. The second kappa shape index (κ2) is 6.00. The number of fused-ring (bicyclic) bond motifs is 1. The second-order valence-electron chi connectivity index (χ2n) is 6.26. The minimum absolute atomic E-state index is 0.0141. The number of benzene rings is 1. The quantitative estimate of drug-likeness (QED) is 0.785. The Morgan fingerprint density at radius 3 is 2.75 bits per heavy atom. The SMILES string of the molecule is Cc1ccc2nc(COc3ccc(C(=O)NC4CC4)cc3)cn2c1. The number of amides is 1. The first-order valence-electron chi connectivity index (χ1n) is 8.15. The lowest BCUT2D eigenvalue weighted by molar-refractivity contribution is 0.0951. The summed E-state index contributed by atoms with van der Waals surface area (Å²) in [6, 6.07) is 11.6. The van der Waals surface area contributed by atoms with E-state index in [4.69, 9.17) is 4.74 Å². The molecule has 4 rings (SSSR count). The van der Waals surface area contributed by atoms with Crippen molar-refractivity contribution in [2.24, 2.45) is 0 Å². The summed E-state index contributed by atoms with van der Waals surface area (Å²) in [6.45, 7) is 2.45. The molecule has 5 nitrogen and oxygen atoms in total. The van der Waals surface area contributed by atoms with E-state index in [-0.39, 0.29) is 5.91 Å². The predicted molar refractivity (Wildman–Crippen MR) is 91.2 cm³/mol. The van der Waals surface area contributed by atoms with Crippen molar-refractivity contribution in [3.8, 4) is 5.75 Å². The van der Waals surface area contributed by atoms with Crippen LogP contribution in [0.4, 0.5) is 0 Å². The molecule has 5 heteroatoms. The number of nitrogens with one attached hydrogen (secondary N) is 1. The van der Waals surface area contributed by atoms with E-state index in [1.807, 2.05) is 41.1 Å². The molecule has 3 aromatic rings. The third kappa shape index (κ3) is 3.25. The molecule has 1 amide bonds. The zero-order chi connectivity index (χ0) is 16.5. The maximum atomic E-state index is 11.9. The van der Waals surface area contributed by atoms with Crippen LogP contribution >= 0.6 is 0 Å². The van der Waals surface area contributed by atoms with Gasteiger partial charge in [-0.25, -0.2) is 4.98 Å². The van der Waals surface area contributed by atoms with Crippen LogP contribution in [0.1, 0.15) is 34.5 Å². The summed E-state index contributed by atoms with van der Waals surface area (Å²) >= 11 is 0. The molecule has 122 valence electrons. The third-order valence-corrected chi connectivity index (χ3v) is 4.06. The first-order valence-corrected chi connectivity index (χ1v) is 8.15. The smallest absolute Gasteiger partial charge is 0.251 e. The Morgan fingerprint density at radius 2 is 2.00 bits per heavy atom. The van der Waals surface area contributed by atoms with E-state index in [1.54, 1.807) is 12.1 Å². The summed E-state index contributed by atoms with van der Waals surface area (Å²) in [6.07, 6.45) is 6.19. The zero-order valence-electron chi connectivity index (χ0n) is 13.5. The summed E-state index contributed by atoms with van der Waals surface area (Å²) in [5.41, 5.74) is 3.63. The van der Waals surface area contributed by atoms with Gasteiger partial charge in [-0.05, 0) is 55.7 Å². The molecular formula is C19H19N3O2. The Labute approximate surface area is 140 Å². The van der Waals surface area contributed by atoms with Gasteiger partial charge in [0.15, 0.2) is 0 Å². The van der Waals surface area contributed by atoms with Crippen molar-refractivity contribution < 1.29 is 9.53 Å². The molecule has 1 aliphatic rings. The monoisotopic (exact) mass is 321 g/mol.